The highest BCUT2D eigenvalue weighted by Gasteiger charge is 2.20. The van der Waals surface area contributed by atoms with Crippen molar-refractivity contribution in [3.05, 3.63) is 75.7 Å². The van der Waals surface area contributed by atoms with Gasteiger partial charge in [0.2, 0.25) is 11.5 Å². The fraction of sp³-hybridized carbons (Fsp3) is 0.200. The van der Waals surface area contributed by atoms with E-state index in [1.165, 1.54) is 30.5 Å². The molecule has 156 valence electrons. The van der Waals surface area contributed by atoms with E-state index in [9.17, 15) is 23.7 Å². The number of hydrogen-bond donors (Lipinski definition) is 0. The van der Waals surface area contributed by atoms with Crippen molar-refractivity contribution in [2.45, 2.75) is 20.5 Å². The van der Waals surface area contributed by atoms with E-state index >= 15 is 0 Å². The Labute approximate surface area is 169 Å². The van der Waals surface area contributed by atoms with Crippen LogP contribution in [0.1, 0.15) is 21.7 Å². The zero-order chi connectivity index (χ0) is 21.8. The number of nitrogens with zero attached hydrogens (tertiary/aromatic N) is 3. The van der Waals surface area contributed by atoms with Gasteiger partial charge >= 0.3 is 12.4 Å². The van der Waals surface area contributed by atoms with Crippen LogP contribution in [-0.4, -0.2) is 33.5 Å². The first-order valence-corrected chi connectivity index (χ1v) is 8.77. The number of ether oxygens (including phenoxy) is 2. The summed E-state index contributed by atoms with van der Waals surface area (Å²) in [6, 6.07) is 10.5. The number of halogens is 2. The molecule has 0 atom stereocenters. The largest absolute Gasteiger partial charge is 0.477 e. The van der Waals surface area contributed by atoms with Gasteiger partial charge < -0.3 is 24.2 Å². The molecule has 0 saturated carbocycles. The molecule has 0 amide bonds. The number of aryl methyl sites for hydroxylation is 1. The Morgan fingerprint density at radius 1 is 1.23 bits per heavy atom. The lowest BCUT2D eigenvalue weighted by Crippen LogP contribution is -2.13. The highest BCUT2D eigenvalue weighted by atomic mass is 19.3. The van der Waals surface area contributed by atoms with E-state index in [4.69, 9.17) is 4.74 Å². The molecule has 0 unspecified atom stereocenters. The molecule has 0 fully saturated rings. The normalized spacial score (nSPS) is 10.8. The van der Waals surface area contributed by atoms with Crippen LogP contribution in [-0.2, 0) is 0 Å². The molecular formula is C20H17F2N3O5. The third kappa shape index (κ3) is 4.43. The number of aromatic nitrogens is 2. The fourth-order valence-electron chi connectivity index (χ4n) is 3.07. The zero-order valence-corrected chi connectivity index (χ0v) is 16.0. The summed E-state index contributed by atoms with van der Waals surface area (Å²) >= 11 is 0. The number of pyridine rings is 1. The number of carbonyl (C=O) groups excluding carboxylic acids is 1. The first kappa shape index (κ1) is 20.9. The molecule has 0 saturated heterocycles. The molecule has 0 N–H and O–H groups in total. The Kier molecular flexibility index (Phi) is 6.05. The van der Waals surface area contributed by atoms with Crippen molar-refractivity contribution in [1.82, 2.24) is 9.55 Å². The van der Waals surface area contributed by atoms with Gasteiger partial charge in [-0.25, -0.2) is 0 Å². The summed E-state index contributed by atoms with van der Waals surface area (Å²) < 4.78 is 36.1. The van der Waals surface area contributed by atoms with E-state index < -0.39 is 24.0 Å². The van der Waals surface area contributed by atoms with Crippen molar-refractivity contribution in [2.24, 2.45) is 0 Å². The maximum absolute atomic E-state index is 12.7. The molecule has 0 aliphatic rings. The number of rotatable bonds is 8. The smallest absolute Gasteiger partial charge is 0.406 e. The van der Waals surface area contributed by atoms with Crippen LogP contribution in [0.25, 0.3) is 5.69 Å². The monoisotopic (exact) mass is 417 g/mol. The van der Waals surface area contributed by atoms with Crippen molar-refractivity contribution in [3.8, 4) is 17.2 Å². The van der Waals surface area contributed by atoms with Gasteiger partial charge in [-0.05, 0) is 66.2 Å². The van der Waals surface area contributed by atoms with Crippen LogP contribution in [0, 0.1) is 24.0 Å². The van der Waals surface area contributed by atoms with Gasteiger partial charge in [-0.1, -0.05) is 0 Å². The Morgan fingerprint density at radius 3 is 2.57 bits per heavy atom. The van der Waals surface area contributed by atoms with Crippen molar-refractivity contribution in [2.75, 3.05) is 6.61 Å². The standard InChI is InChI=1S/C20H17F2N3O5/c1-12-10-16(17(26)11-29-18-4-3-9-23-19(18)25(27)28)13(2)24(12)14-5-7-15(8-6-14)30-20(21)22/h3-10,20H,11H2,1-2H3. The van der Waals surface area contributed by atoms with Crippen molar-refractivity contribution >= 4 is 11.6 Å². The summed E-state index contributed by atoms with van der Waals surface area (Å²) in [5, 5.41) is 11.0. The van der Waals surface area contributed by atoms with E-state index in [1.54, 1.807) is 36.6 Å². The molecule has 0 bridgehead atoms. The van der Waals surface area contributed by atoms with Gasteiger partial charge in [-0.15, -0.1) is 0 Å². The summed E-state index contributed by atoms with van der Waals surface area (Å²) in [4.78, 5) is 26.6. The molecule has 2 heterocycles. The lowest BCUT2D eigenvalue weighted by atomic mass is 10.1. The SMILES string of the molecule is Cc1cc(C(=O)COc2cccnc2[N+](=O)[O-])c(C)n1-c1ccc(OC(F)F)cc1. The molecule has 0 aliphatic heterocycles. The minimum absolute atomic E-state index is 0.0268. The number of ketones is 1. The molecule has 0 radical (unpaired) electrons. The fourth-order valence-corrected chi connectivity index (χ4v) is 3.07. The highest BCUT2D eigenvalue weighted by molar-refractivity contribution is 5.98. The van der Waals surface area contributed by atoms with Crippen LogP contribution in [0.4, 0.5) is 14.6 Å². The average Bonchev–Trinajstić information content (AvgIpc) is 3.00. The topological polar surface area (TPSA) is 96.5 Å². The molecule has 8 nitrogen and oxygen atoms in total. The van der Waals surface area contributed by atoms with Gasteiger partial charge in [0, 0.05) is 22.6 Å². The number of carbonyl (C=O) groups is 1. The third-order valence-electron chi connectivity index (χ3n) is 4.33. The first-order valence-electron chi connectivity index (χ1n) is 8.77. The van der Waals surface area contributed by atoms with Crippen molar-refractivity contribution < 1.29 is 28.0 Å². The summed E-state index contributed by atoms with van der Waals surface area (Å²) in [5.41, 5.74) is 2.40. The lowest BCUT2D eigenvalue weighted by Gasteiger charge is -2.11. The molecule has 1 aromatic carbocycles. The van der Waals surface area contributed by atoms with Gasteiger partial charge in [0.1, 0.15) is 11.9 Å². The average molecular weight is 417 g/mol. The van der Waals surface area contributed by atoms with Gasteiger partial charge in [0.05, 0.1) is 0 Å². The van der Waals surface area contributed by atoms with Gasteiger partial charge in [0.25, 0.3) is 0 Å². The molecule has 30 heavy (non-hydrogen) atoms. The third-order valence-corrected chi connectivity index (χ3v) is 4.33. The molecular weight excluding hydrogens is 400 g/mol. The molecule has 3 rings (SSSR count). The zero-order valence-electron chi connectivity index (χ0n) is 16.0. The number of hydrogen-bond acceptors (Lipinski definition) is 6. The van der Waals surface area contributed by atoms with Crippen LogP contribution in [0.5, 0.6) is 11.5 Å². The number of alkyl halides is 2. The summed E-state index contributed by atoms with van der Waals surface area (Å²) in [7, 11) is 0. The number of nitro groups is 1. The highest BCUT2D eigenvalue weighted by Crippen LogP contribution is 2.26. The Hall–Kier alpha value is -3.82. The van der Waals surface area contributed by atoms with E-state index in [-0.39, 0.29) is 17.3 Å². The Balaban J connectivity index is 1.80. The molecule has 10 heteroatoms. The van der Waals surface area contributed by atoms with Crippen LogP contribution in [0.15, 0.2) is 48.7 Å². The molecule has 0 spiro atoms. The molecule has 3 aromatic rings. The van der Waals surface area contributed by atoms with Crippen LogP contribution in [0.3, 0.4) is 0 Å². The van der Waals surface area contributed by atoms with Gasteiger partial charge in [0.15, 0.2) is 6.61 Å². The molecule has 0 aliphatic carbocycles. The second-order valence-corrected chi connectivity index (χ2v) is 6.29. The molecule has 2 aromatic heterocycles. The summed E-state index contributed by atoms with van der Waals surface area (Å²) in [5.74, 6) is -0.912. The predicted octanol–water partition coefficient (Wildman–Crippen LogP) is 4.26. The minimum atomic E-state index is -2.91. The van der Waals surface area contributed by atoms with Crippen molar-refractivity contribution in [1.29, 1.82) is 0 Å². The van der Waals surface area contributed by atoms with E-state index in [2.05, 4.69) is 9.72 Å². The second kappa shape index (κ2) is 8.68. The summed E-state index contributed by atoms with van der Waals surface area (Å²) in [6.45, 7) is 0.208. The minimum Gasteiger partial charge on any atom is -0.477 e. The van der Waals surface area contributed by atoms with Crippen LogP contribution < -0.4 is 9.47 Å². The van der Waals surface area contributed by atoms with Gasteiger partial charge in [-0.3, -0.25) is 4.79 Å². The second-order valence-electron chi connectivity index (χ2n) is 6.29. The van der Waals surface area contributed by atoms with Crippen LogP contribution >= 0.6 is 0 Å². The Morgan fingerprint density at radius 2 is 1.93 bits per heavy atom. The van der Waals surface area contributed by atoms with Gasteiger partial charge in [-0.2, -0.15) is 8.78 Å². The maximum Gasteiger partial charge on any atom is 0.406 e. The van der Waals surface area contributed by atoms with Crippen LogP contribution in [0.2, 0.25) is 0 Å². The van der Waals surface area contributed by atoms with Crippen molar-refractivity contribution in [3.63, 3.8) is 0 Å². The summed E-state index contributed by atoms with van der Waals surface area (Å²) in [6.07, 6.45) is 1.26. The first-order chi connectivity index (χ1) is 14.3. The lowest BCUT2D eigenvalue weighted by molar-refractivity contribution is -0.390. The maximum atomic E-state index is 12.7. The predicted molar refractivity (Wildman–Crippen MR) is 103 cm³/mol. The number of Topliss-reactive ketones (excluding diaryl/α,β-unsaturated/α-hetero) is 1. The number of benzene rings is 1. The van der Waals surface area contributed by atoms with E-state index in [0.29, 0.717) is 16.9 Å². The van der Waals surface area contributed by atoms with E-state index in [1.807, 2.05) is 0 Å². The Bertz CT molecular complexity index is 1080. The van der Waals surface area contributed by atoms with E-state index in [0.717, 1.165) is 5.69 Å². The quantitative estimate of drug-likeness (QED) is 0.309.